The lowest BCUT2D eigenvalue weighted by atomic mass is 10.1. The lowest BCUT2D eigenvalue weighted by Crippen LogP contribution is -2.32. The van der Waals surface area contributed by atoms with Gasteiger partial charge in [0.1, 0.15) is 18.5 Å². The third kappa shape index (κ3) is 5.54. The number of ether oxygens (including phenoxy) is 1. The van der Waals surface area contributed by atoms with E-state index in [1.807, 2.05) is 32.0 Å². The van der Waals surface area contributed by atoms with Crippen LogP contribution in [0.25, 0.3) is 0 Å². The zero-order valence-corrected chi connectivity index (χ0v) is 11.6. The van der Waals surface area contributed by atoms with Crippen LogP contribution in [0.3, 0.4) is 0 Å². The molecule has 18 heavy (non-hydrogen) atoms. The van der Waals surface area contributed by atoms with Gasteiger partial charge in [0.15, 0.2) is 0 Å². The van der Waals surface area contributed by atoms with Gasteiger partial charge in [-0.2, -0.15) is 0 Å². The molecule has 0 bridgehead atoms. The van der Waals surface area contributed by atoms with E-state index in [1.54, 1.807) is 0 Å². The summed E-state index contributed by atoms with van der Waals surface area (Å²) in [5.74, 6) is 0.816. The van der Waals surface area contributed by atoms with E-state index in [4.69, 9.17) is 16.3 Å². The van der Waals surface area contributed by atoms with Crippen molar-refractivity contribution in [3.8, 4) is 5.75 Å². The number of hydrogen-bond donors (Lipinski definition) is 2. The quantitative estimate of drug-likeness (QED) is 0.799. The average Bonchev–Trinajstić information content (AvgIpc) is 2.30. The first kappa shape index (κ1) is 15.0. The fourth-order valence-corrected chi connectivity index (χ4v) is 1.58. The summed E-state index contributed by atoms with van der Waals surface area (Å²) < 4.78 is 5.59. The van der Waals surface area contributed by atoms with Crippen molar-refractivity contribution in [1.82, 2.24) is 5.32 Å². The number of aliphatic hydroxyl groups is 1. The van der Waals surface area contributed by atoms with E-state index in [-0.39, 0.29) is 6.61 Å². The third-order valence-corrected chi connectivity index (χ3v) is 2.61. The van der Waals surface area contributed by atoms with Crippen molar-refractivity contribution in [3.63, 3.8) is 0 Å². The summed E-state index contributed by atoms with van der Waals surface area (Å²) in [6.07, 6.45) is -0.569. The summed E-state index contributed by atoms with van der Waals surface area (Å²) in [6, 6.07) is 6.01. The summed E-state index contributed by atoms with van der Waals surface area (Å²) >= 11 is 5.60. The molecule has 0 radical (unpaired) electrons. The van der Waals surface area contributed by atoms with Gasteiger partial charge in [-0.15, -0.1) is 0 Å². The van der Waals surface area contributed by atoms with Crippen molar-refractivity contribution in [3.05, 3.63) is 40.9 Å². The van der Waals surface area contributed by atoms with Crippen LogP contribution in [0.15, 0.2) is 29.8 Å². The van der Waals surface area contributed by atoms with Crippen LogP contribution in [-0.4, -0.2) is 30.9 Å². The molecule has 0 spiro atoms. The molecular weight excluding hydrogens is 250 g/mol. The van der Waals surface area contributed by atoms with Crippen LogP contribution in [0.4, 0.5) is 0 Å². The Kier molecular flexibility index (Phi) is 6.19. The molecule has 0 aromatic heterocycles. The smallest absolute Gasteiger partial charge is 0.122 e. The van der Waals surface area contributed by atoms with Gasteiger partial charge in [-0.25, -0.2) is 0 Å². The lowest BCUT2D eigenvalue weighted by Gasteiger charge is -2.14. The maximum Gasteiger partial charge on any atom is 0.122 e. The zero-order chi connectivity index (χ0) is 13.5. The first-order chi connectivity index (χ1) is 8.49. The second-order valence-corrected chi connectivity index (χ2v) is 4.92. The number of rotatable bonds is 7. The van der Waals surface area contributed by atoms with Gasteiger partial charge >= 0.3 is 0 Å². The largest absolute Gasteiger partial charge is 0.491 e. The normalized spacial score (nSPS) is 12.2. The van der Waals surface area contributed by atoms with E-state index in [0.717, 1.165) is 16.9 Å². The zero-order valence-electron chi connectivity index (χ0n) is 10.9. The monoisotopic (exact) mass is 269 g/mol. The summed E-state index contributed by atoms with van der Waals surface area (Å²) in [4.78, 5) is 0. The van der Waals surface area contributed by atoms with E-state index in [9.17, 15) is 5.11 Å². The highest BCUT2D eigenvalue weighted by Crippen LogP contribution is 2.19. The van der Waals surface area contributed by atoms with Crippen molar-refractivity contribution >= 4 is 11.6 Å². The molecule has 0 amide bonds. The number of nitrogens with one attached hydrogen (secondary N) is 1. The Morgan fingerprint density at radius 1 is 1.50 bits per heavy atom. The molecule has 2 N–H and O–H groups in total. The van der Waals surface area contributed by atoms with Crippen molar-refractivity contribution < 1.29 is 9.84 Å². The molecule has 0 aliphatic carbocycles. The molecule has 1 atom stereocenters. The van der Waals surface area contributed by atoms with E-state index in [2.05, 4.69) is 11.9 Å². The van der Waals surface area contributed by atoms with Gasteiger partial charge in [0.05, 0.1) is 0 Å². The molecule has 100 valence electrons. The van der Waals surface area contributed by atoms with Crippen LogP contribution in [-0.2, 0) is 0 Å². The Hall–Kier alpha value is -1.03. The Bertz CT molecular complexity index is 407. The summed E-state index contributed by atoms with van der Waals surface area (Å²) in [6.45, 7) is 8.72. The molecule has 1 unspecified atom stereocenters. The number of hydrogen-bond acceptors (Lipinski definition) is 3. The minimum absolute atomic E-state index is 0.256. The summed E-state index contributed by atoms with van der Waals surface area (Å²) in [5.41, 5.74) is 2.21. The number of benzene rings is 1. The highest BCUT2D eigenvalue weighted by Gasteiger charge is 2.06. The van der Waals surface area contributed by atoms with Gasteiger partial charge in [-0.05, 0) is 31.0 Å². The highest BCUT2D eigenvalue weighted by molar-refractivity contribution is 6.29. The number of aliphatic hydroxyl groups excluding tert-OH is 1. The van der Waals surface area contributed by atoms with Crippen LogP contribution >= 0.6 is 11.6 Å². The Morgan fingerprint density at radius 2 is 2.22 bits per heavy atom. The SMILES string of the molecule is C=C(Cl)CNCC(O)COc1cc(C)ccc1C. The summed E-state index contributed by atoms with van der Waals surface area (Å²) in [5, 5.41) is 13.2. The van der Waals surface area contributed by atoms with E-state index < -0.39 is 6.10 Å². The molecule has 1 aromatic carbocycles. The molecule has 3 nitrogen and oxygen atoms in total. The van der Waals surface area contributed by atoms with Gasteiger partial charge in [0.25, 0.3) is 0 Å². The van der Waals surface area contributed by atoms with Crippen LogP contribution in [0, 0.1) is 13.8 Å². The Labute approximate surface area is 113 Å². The van der Waals surface area contributed by atoms with E-state index in [1.165, 1.54) is 0 Å². The van der Waals surface area contributed by atoms with Gasteiger partial charge in [-0.1, -0.05) is 30.3 Å². The second-order valence-electron chi connectivity index (χ2n) is 4.38. The van der Waals surface area contributed by atoms with Crippen molar-refractivity contribution in [2.24, 2.45) is 0 Å². The van der Waals surface area contributed by atoms with Crippen molar-refractivity contribution in [1.29, 1.82) is 0 Å². The molecule has 0 aliphatic heterocycles. The van der Waals surface area contributed by atoms with Gasteiger partial charge in [0, 0.05) is 18.1 Å². The maximum absolute atomic E-state index is 9.72. The molecule has 1 aromatic rings. The molecular formula is C14H20ClNO2. The molecule has 0 aliphatic rings. The van der Waals surface area contributed by atoms with Crippen LogP contribution in [0.1, 0.15) is 11.1 Å². The lowest BCUT2D eigenvalue weighted by molar-refractivity contribution is 0.107. The minimum Gasteiger partial charge on any atom is -0.491 e. The van der Waals surface area contributed by atoms with Crippen LogP contribution in [0.2, 0.25) is 0 Å². The van der Waals surface area contributed by atoms with E-state index >= 15 is 0 Å². The van der Waals surface area contributed by atoms with Crippen LogP contribution < -0.4 is 10.1 Å². The average molecular weight is 270 g/mol. The van der Waals surface area contributed by atoms with Gasteiger partial charge in [0.2, 0.25) is 0 Å². The third-order valence-electron chi connectivity index (χ3n) is 2.47. The maximum atomic E-state index is 9.72. The fraction of sp³-hybridized carbons (Fsp3) is 0.429. The predicted octanol–water partition coefficient (Wildman–Crippen LogP) is 2.39. The second kappa shape index (κ2) is 7.41. The van der Waals surface area contributed by atoms with Gasteiger partial charge in [-0.3, -0.25) is 0 Å². The van der Waals surface area contributed by atoms with Crippen molar-refractivity contribution in [2.75, 3.05) is 19.7 Å². The molecule has 0 saturated carbocycles. The molecule has 1 rings (SSSR count). The summed E-state index contributed by atoms with van der Waals surface area (Å²) in [7, 11) is 0. The van der Waals surface area contributed by atoms with Crippen LogP contribution in [0.5, 0.6) is 5.75 Å². The predicted molar refractivity (Wildman–Crippen MR) is 75.3 cm³/mol. The first-order valence-corrected chi connectivity index (χ1v) is 6.29. The topological polar surface area (TPSA) is 41.5 Å². The fourth-order valence-electron chi connectivity index (χ4n) is 1.48. The van der Waals surface area contributed by atoms with Gasteiger partial charge < -0.3 is 15.2 Å². The molecule has 4 heteroatoms. The highest BCUT2D eigenvalue weighted by atomic mass is 35.5. The number of halogens is 1. The molecule has 0 heterocycles. The van der Waals surface area contributed by atoms with E-state index in [0.29, 0.717) is 18.1 Å². The standard InChI is InChI=1S/C14H20ClNO2/c1-10-4-5-11(2)14(6-10)18-9-13(17)8-16-7-12(3)15/h4-6,13,16-17H,3,7-9H2,1-2H3. The van der Waals surface area contributed by atoms with Crippen molar-refractivity contribution in [2.45, 2.75) is 20.0 Å². The number of aryl methyl sites for hydroxylation is 2. The minimum atomic E-state index is -0.569. The molecule has 0 fully saturated rings. The molecule has 0 saturated heterocycles. The first-order valence-electron chi connectivity index (χ1n) is 5.91. The Balaban J connectivity index is 2.35. The Morgan fingerprint density at radius 3 is 2.89 bits per heavy atom.